The minimum atomic E-state index is -0.264. The maximum absolute atomic E-state index is 13.3. The lowest BCUT2D eigenvalue weighted by Gasteiger charge is -2.26. The molecule has 2 aromatic heterocycles. The molecule has 32 heavy (non-hydrogen) atoms. The van der Waals surface area contributed by atoms with Crippen LogP contribution in [0.4, 0.5) is 9.52 Å². The van der Waals surface area contributed by atoms with Crippen molar-refractivity contribution < 1.29 is 9.18 Å². The van der Waals surface area contributed by atoms with Gasteiger partial charge in [0.1, 0.15) is 5.82 Å². The third-order valence-electron chi connectivity index (χ3n) is 6.76. The van der Waals surface area contributed by atoms with E-state index in [2.05, 4.69) is 14.9 Å². The van der Waals surface area contributed by atoms with Gasteiger partial charge < -0.3 is 9.80 Å². The fourth-order valence-corrected chi connectivity index (χ4v) is 5.98. The molecular weight excluding hydrogens is 425 g/mol. The summed E-state index contributed by atoms with van der Waals surface area (Å²) < 4.78 is 16.2. The number of amides is 1. The number of anilines is 1. The smallest absolute Gasteiger partial charge is 0.222 e. The zero-order valence-electron chi connectivity index (χ0n) is 18.6. The van der Waals surface area contributed by atoms with Crippen molar-refractivity contribution in [3.8, 4) is 5.69 Å². The van der Waals surface area contributed by atoms with E-state index in [9.17, 15) is 9.18 Å². The van der Waals surface area contributed by atoms with E-state index in [1.165, 1.54) is 44.2 Å². The van der Waals surface area contributed by atoms with Gasteiger partial charge in [-0.3, -0.25) is 4.79 Å². The van der Waals surface area contributed by atoms with Gasteiger partial charge in [-0.25, -0.2) is 9.07 Å². The first-order valence-electron chi connectivity index (χ1n) is 11.7. The predicted molar refractivity (Wildman–Crippen MR) is 126 cm³/mol. The number of thiazole rings is 1. The second kappa shape index (κ2) is 9.17. The van der Waals surface area contributed by atoms with Crippen molar-refractivity contribution in [2.75, 3.05) is 31.1 Å². The maximum atomic E-state index is 13.3. The van der Waals surface area contributed by atoms with Gasteiger partial charge in [-0.15, -0.1) is 0 Å². The van der Waals surface area contributed by atoms with Crippen molar-refractivity contribution in [1.82, 2.24) is 19.7 Å². The molecule has 8 heteroatoms. The second-order valence-corrected chi connectivity index (χ2v) is 10.0. The maximum Gasteiger partial charge on any atom is 0.222 e. The first-order chi connectivity index (χ1) is 15.6. The Hall–Kier alpha value is -2.48. The standard InChI is InChI=1S/C24H30FN5OS/c1-17-22-23(30(27-17)20-10-8-19(25)9-11-20)26-24(32-22)29-13-5-12-28(14-15-29)21(31)16-18-6-3-2-4-7-18/h8-11,18H,2-7,12-16H2,1H3. The van der Waals surface area contributed by atoms with Crippen LogP contribution in [0, 0.1) is 18.7 Å². The van der Waals surface area contributed by atoms with Crippen molar-refractivity contribution in [3.63, 3.8) is 0 Å². The van der Waals surface area contributed by atoms with Gasteiger partial charge in [-0.2, -0.15) is 10.1 Å². The molecule has 1 aromatic carbocycles. The van der Waals surface area contributed by atoms with Crippen molar-refractivity contribution >= 4 is 32.7 Å². The normalized spacial score (nSPS) is 18.3. The van der Waals surface area contributed by atoms with Crippen molar-refractivity contribution in [2.45, 2.75) is 51.9 Å². The number of fused-ring (bicyclic) bond motifs is 1. The van der Waals surface area contributed by atoms with E-state index in [-0.39, 0.29) is 5.82 Å². The summed E-state index contributed by atoms with van der Waals surface area (Å²) in [6, 6.07) is 6.34. The Labute approximate surface area is 192 Å². The molecule has 5 rings (SSSR count). The molecule has 3 heterocycles. The van der Waals surface area contributed by atoms with Crippen LogP contribution >= 0.6 is 11.3 Å². The van der Waals surface area contributed by atoms with E-state index in [0.29, 0.717) is 18.2 Å². The lowest BCUT2D eigenvalue weighted by atomic mass is 9.86. The van der Waals surface area contributed by atoms with E-state index in [4.69, 9.17) is 4.98 Å². The fraction of sp³-hybridized carbons (Fsp3) is 0.542. The van der Waals surface area contributed by atoms with Gasteiger partial charge in [-0.1, -0.05) is 30.6 Å². The monoisotopic (exact) mass is 455 g/mol. The second-order valence-electron chi connectivity index (χ2n) is 9.05. The summed E-state index contributed by atoms with van der Waals surface area (Å²) in [6.45, 7) is 5.26. The van der Waals surface area contributed by atoms with Crippen LogP contribution in [-0.2, 0) is 4.79 Å². The summed E-state index contributed by atoms with van der Waals surface area (Å²) in [7, 11) is 0. The third-order valence-corrected chi connectivity index (χ3v) is 7.97. The molecule has 0 N–H and O–H groups in total. The number of rotatable bonds is 4. The highest BCUT2D eigenvalue weighted by molar-refractivity contribution is 7.22. The SMILES string of the molecule is Cc1nn(-c2ccc(F)cc2)c2nc(N3CCCN(C(=O)CC4CCCCC4)CC3)sc12. The Morgan fingerprint density at radius 3 is 2.62 bits per heavy atom. The number of halogens is 1. The highest BCUT2D eigenvalue weighted by atomic mass is 32.1. The number of benzene rings is 1. The summed E-state index contributed by atoms with van der Waals surface area (Å²) in [4.78, 5) is 22.2. The van der Waals surface area contributed by atoms with Crippen LogP contribution in [0.3, 0.4) is 0 Å². The van der Waals surface area contributed by atoms with Gasteiger partial charge in [0.25, 0.3) is 0 Å². The molecule has 0 atom stereocenters. The quantitative estimate of drug-likeness (QED) is 0.559. The molecule has 0 bridgehead atoms. The van der Waals surface area contributed by atoms with Crippen LogP contribution in [0.5, 0.6) is 0 Å². The number of aryl methyl sites for hydroxylation is 1. The molecule has 6 nitrogen and oxygen atoms in total. The highest BCUT2D eigenvalue weighted by Gasteiger charge is 2.25. The molecule has 1 saturated carbocycles. The molecule has 1 amide bonds. The molecular formula is C24H30FN5OS. The van der Waals surface area contributed by atoms with E-state index in [0.717, 1.165) is 59.5 Å². The molecule has 0 radical (unpaired) electrons. The largest absolute Gasteiger partial charge is 0.346 e. The van der Waals surface area contributed by atoms with Crippen LogP contribution < -0.4 is 4.90 Å². The molecule has 2 aliphatic rings. The molecule has 1 aliphatic carbocycles. The van der Waals surface area contributed by atoms with Crippen LogP contribution in [0.25, 0.3) is 16.0 Å². The summed E-state index contributed by atoms with van der Waals surface area (Å²) in [5.74, 6) is 0.642. The zero-order chi connectivity index (χ0) is 22.1. The van der Waals surface area contributed by atoms with Gasteiger partial charge in [0.15, 0.2) is 10.8 Å². The molecule has 2 fully saturated rings. The summed E-state index contributed by atoms with van der Waals surface area (Å²) in [5.41, 5.74) is 2.53. The molecule has 170 valence electrons. The van der Waals surface area contributed by atoms with Crippen LogP contribution in [0.2, 0.25) is 0 Å². The number of hydrogen-bond acceptors (Lipinski definition) is 5. The summed E-state index contributed by atoms with van der Waals surface area (Å²) >= 11 is 1.65. The average Bonchev–Trinajstić information content (AvgIpc) is 3.26. The number of carbonyl (C=O) groups excluding carboxylic acids is 1. The lowest BCUT2D eigenvalue weighted by Crippen LogP contribution is -2.36. The van der Waals surface area contributed by atoms with E-state index in [1.807, 2.05) is 6.92 Å². The molecule has 3 aromatic rings. The van der Waals surface area contributed by atoms with Gasteiger partial charge in [0, 0.05) is 32.6 Å². The summed E-state index contributed by atoms with van der Waals surface area (Å²) in [5, 5.41) is 5.59. The highest BCUT2D eigenvalue weighted by Crippen LogP contribution is 2.33. The van der Waals surface area contributed by atoms with Crippen molar-refractivity contribution in [1.29, 1.82) is 0 Å². The number of aromatic nitrogens is 3. The molecule has 1 aliphatic heterocycles. The Bertz CT molecular complexity index is 1090. The van der Waals surface area contributed by atoms with Gasteiger partial charge >= 0.3 is 0 Å². The summed E-state index contributed by atoms with van der Waals surface area (Å²) in [6.07, 6.45) is 7.97. The van der Waals surface area contributed by atoms with Gasteiger partial charge in [0.2, 0.25) is 5.91 Å². The minimum Gasteiger partial charge on any atom is -0.346 e. The Morgan fingerprint density at radius 1 is 1.06 bits per heavy atom. The number of hydrogen-bond donors (Lipinski definition) is 0. The topological polar surface area (TPSA) is 54.3 Å². The van der Waals surface area contributed by atoms with Crippen LogP contribution in [0.1, 0.15) is 50.6 Å². The first-order valence-corrected chi connectivity index (χ1v) is 12.5. The predicted octanol–water partition coefficient (Wildman–Crippen LogP) is 4.94. The Balaban J connectivity index is 1.30. The van der Waals surface area contributed by atoms with Crippen molar-refractivity contribution in [3.05, 3.63) is 35.8 Å². The fourth-order valence-electron chi connectivity index (χ4n) is 4.95. The van der Waals surface area contributed by atoms with Crippen LogP contribution in [-0.4, -0.2) is 51.8 Å². The third kappa shape index (κ3) is 4.37. The molecule has 1 saturated heterocycles. The lowest BCUT2D eigenvalue weighted by molar-refractivity contribution is -0.132. The number of nitrogens with zero attached hydrogens (tertiary/aromatic N) is 5. The molecule has 0 spiro atoms. The van der Waals surface area contributed by atoms with E-state index < -0.39 is 0 Å². The van der Waals surface area contributed by atoms with Gasteiger partial charge in [-0.05, 0) is 56.4 Å². The first kappa shape index (κ1) is 21.4. The number of carbonyl (C=O) groups is 1. The van der Waals surface area contributed by atoms with E-state index >= 15 is 0 Å². The van der Waals surface area contributed by atoms with Crippen molar-refractivity contribution in [2.24, 2.45) is 5.92 Å². The molecule has 0 unspecified atom stereocenters. The average molecular weight is 456 g/mol. The van der Waals surface area contributed by atoms with Crippen LogP contribution in [0.15, 0.2) is 24.3 Å². The van der Waals surface area contributed by atoms with Gasteiger partial charge in [0.05, 0.1) is 16.1 Å². The Kier molecular flexibility index (Phi) is 6.13. The van der Waals surface area contributed by atoms with E-state index in [1.54, 1.807) is 28.2 Å². The Morgan fingerprint density at radius 2 is 1.84 bits per heavy atom. The minimum absolute atomic E-state index is 0.264. The zero-order valence-corrected chi connectivity index (χ0v) is 19.4.